The van der Waals surface area contributed by atoms with Crippen LogP contribution < -0.4 is 5.32 Å². The first-order chi connectivity index (χ1) is 12.0. The second kappa shape index (κ2) is 6.94. The fraction of sp³-hybridized carbons (Fsp3) is 0.235. The van der Waals surface area contributed by atoms with E-state index in [1.807, 2.05) is 48.0 Å². The molecule has 0 bridgehead atoms. The summed E-state index contributed by atoms with van der Waals surface area (Å²) in [4.78, 5) is 25.7. The SMILES string of the molecule is Cc1nn(-c2ccccc2)c2sc(C(=O)NCCN(C)C(=O)O)cc12. The van der Waals surface area contributed by atoms with E-state index in [0.717, 1.165) is 26.5 Å². The van der Waals surface area contributed by atoms with Crippen molar-refractivity contribution in [1.82, 2.24) is 20.0 Å². The molecule has 0 aliphatic heterocycles. The number of carbonyl (C=O) groups is 2. The number of fused-ring (bicyclic) bond motifs is 1. The van der Waals surface area contributed by atoms with Crippen molar-refractivity contribution in [3.8, 4) is 5.69 Å². The molecule has 0 unspecified atom stereocenters. The molecule has 3 aromatic rings. The van der Waals surface area contributed by atoms with Crippen molar-refractivity contribution in [2.45, 2.75) is 6.92 Å². The van der Waals surface area contributed by atoms with Crippen LogP contribution in [0, 0.1) is 6.92 Å². The first-order valence-electron chi connectivity index (χ1n) is 7.74. The summed E-state index contributed by atoms with van der Waals surface area (Å²) in [6, 6.07) is 11.6. The van der Waals surface area contributed by atoms with Crippen LogP contribution in [0.15, 0.2) is 36.4 Å². The average Bonchev–Trinajstić information content (AvgIpc) is 3.16. The molecular weight excluding hydrogens is 340 g/mol. The first kappa shape index (κ1) is 17.0. The number of amides is 2. The van der Waals surface area contributed by atoms with Crippen molar-refractivity contribution < 1.29 is 14.7 Å². The lowest BCUT2D eigenvalue weighted by Gasteiger charge is -2.12. The minimum absolute atomic E-state index is 0.209. The molecule has 2 heterocycles. The van der Waals surface area contributed by atoms with Crippen LogP contribution in [0.2, 0.25) is 0 Å². The third-order valence-electron chi connectivity index (χ3n) is 3.83. The van der Waals surface area contributed by atoms with E-state index in [2.05, 4.69) is 10.4 Å². The molecule has 2 amide bonds. The molecule has 2 aromatic heterocycles. The van der Waals surface area contributed by atoms with Gasteiger partial charge in [0.15, 0.2) is 0 Å². The van der Waals surface area contributed by atoms with Gasteiger partial charge in [-0.2, -0.15) is 5.10 Å². The number of carbonyl (C=O) groups excluding carboxylic acids is 1. The third kappa shape index (κ3) is 3.48. The van der Waals surface area contributed by atoms with Gasteiger partial charge in [0, 0.05) is 25.5 Å². The molecule has 130 valence electrons. The lowest BCUT2D eigenvalue weighted by molar-refractivity contribution is 0.0951. The van der Waals surface area contributed by atoms with Crippen molar-refractivity contribution in [1.29, 1.82) is 0 Å². The molecule has 2 N–H and O–H groups in total. The van der Waals surface area contributed by atoms with Gasteiger partial charge in [0.2, 0.25) is 0 Å². The molecule has 0 atom stereocenters. The number of aromatic nitrogens is 2. The van der Waals surface area contributed by atoms with E-state index in [9.17, 15) is 9.59 Å². The Morgan fingerprint density at radius 2 is 2.04 bits per heavy atom. The number of hydrogen-bond acceptors (Lipinski definition) is 4. The lowest BCUT2D eigenvalue weighted by atomic mass is 10.3. The predicted octanol–water partition coefficient (Wildman–Crippen LogP) is 2.74. The zero-order valence-corrected chi connectivity index (χ0v) is 14.7. The van der Waals surface area contributed by atoms with Crippen molar-refractivity contribution in [3.63, 3.8) is 0 Å². The number of rotatable bonds is 5. The smallest absolute Gasteiger partial charge is 0.407 e. The van der Waals surface area contributed by atoms with Gasteiger partial charge in [0.25, 0.3) is 5.91 Å². The number of likely N-dealkylation sites (N-methyl/N-ethyl adjacent to an activating group) is 1. The van der Waals surface area contributed by atoms with Crippen molar-refractivity contribution in [2.75, 3.05) is 20.1 Å². The quantitative estimate of drug-likeness (QED) is 0.734. The second-order valence-corrected chi connectivity index (χ2v) is 6.65. The highest BCUT2D eigenvalue weighted by molar-refractivity contribution is 7.20. The van der Waals surface area contributed by atoms with Gasteiger partial charge in [-0.15, -0.1) is 11.3 Å². The first-order valence-corrected chi connectivity index (χ1v) is 8.56. The van der Waals surface area contributed by atoms with Gasteiger partial charge in [0.1, 0.15) is 4.83 Å². The molecule has 1 aromatic carbocycles. The monoisotopic (exact) mass is 358 g/mol. The maximum absolute atomic E-state index is 12.3. The number of carboxylic acid groups (broad SMARTS) is 1. The number of para-hydroxylation sites is 1. The van der Waals surface area contributed by atoms with Crippen LogP contribution in [0.25, 0.3) is 15.9 Å². The largest absolute Gasteiger partial charge is 0.465 e. The Balaban J connectivity index is 1.80. The molecule has 8 heteroatoms. The molecule has 7 nitrogen and oxygen atoms in total. The van der Waals surface area contributed by atoms with Crippen LogP contribution in [-0.4, -0.2) is 51.9 Å². The Hall–Kier alpha value is -2.87. The molecule has 0 aliphatic carbocycles. The van der Waals surface area contributed by atoms with Gasteiger partial charge >= 0.3 is 6.09 Å². The van der Waals surface area contributed by atoms with Gasteiger partial charge in [-0.05, 0) is 25.1 Å². The molecular formula is C17H18N4O3S. The van der Waals surface area contributed by atoms with Crippen LogP contribution in [0.3, 0.4) is 0 Å². The van der Waals surface area contributed by atoms with E-state index in [1.54, 1.807) is 0 Å². The summed E-state index contributed by atoms with van der Waals surface area (Å²) in [5, 5.41) is 17.1. The number of thiophene rings is 1. The topological polar surface area (TPSA) is 87.5 Å². The second-order valence-electron chi connectivity index (χ2n) is 5.62. The third-order valence-corrected chi connectivity index (χ3v) is 4.94. The number of hydrogen-bond donors (Lipinski definition) is 2. The predicted molar refractivity (Wildman–Crippen MR) is 96.7 cm³/mol. The summed E-state index contributed by atoms with van der Waals surface area (Å²) < 4.78 is 1.84. The number of nitrogens with zero attached hydrogens (tertiary/aromatic N) is 3. The van der Waals surface area contributed by atoms with E-state index in [1.165, 1.54) is 18.4 Å². The standard InChI is InChI=1S/C17H18N4O3S/c1-11-13-10-14(15(22)18-8-9-20(2)17(23)24)25-16(13)21(19-11)12-6-4-3-5-7-12/h3-7,10H,8-9H2,1-2H3,(H,18,22)(H,23,24). The van der Waals surface area contributed by atoms with Gasteiger partial charge < -0.3 is 15.3 Å². The van der Waals surface area contributed by atoms with E-state index in [-0.39, 0.29) is 19.0 Å². The van der Waals surface area contributed by atoms with Crippen LogP contribution in [-0.2, 0) is 0 Å². The maximum Gasteiger partial charge on any atom is 0.407 e. The zero-order chi connectivity index (χ0) is 18.0. The fourth-order valence-corrected chi connectivity index (χ4v) is 3.52. The molecule has 3 rings (SSSR count). The van der Waals surface area contributed by atoms with Crippen LogP contribution in [0.1, 0.15) is 15.4 Å². The molecule has 0 aliphatic rings. The number of nitrogens with one attached hydrogen (secondary N) is 1. The Kier molecular flexibility index (Phi) is 4.71. The van der Waals surface area contributed by atoms with E-state index in [0.29, 0.717) is 4.88 Å². The van der Waals surface area contributed by atoms with Crippen molar-refractivity contribution in [2.24, 2.45) is 0 Å². The van der Waals surface area contributed by atoms with E-state index < -0.39 is 6.09 Å². The Morgan fingerprint density at radius 1 is 1.32 bits per heavy atom. The van der Waals surface area contributed by atoms with Crippen molar-refractivity contribution >= 4 is 33.6 Å². The van der Waals surface area contributed by atoms with Crippen LogP contribution in [0.4, 0.5) is 4.79 Å². The molecule has 0 radical (unpaired) electrons. The normalized spacial score (nSPS) is 10.8. The summed E-state index contributed by atoms with van der Waals surface area (Å²) in [6.45, 7) is 2.42. The molecule has 0 spiro atoms. The van der Waals surface area contributed by atoms with Crippen LogP contribution >= 0.6 is 11.3 Å². The molecule has 0 saturated carbocycles. The molecule has 0 fully saturated rings. The minimum Gasteiger partial charge on any atom is -0.465 e. The summed E-state index contributed by atoms with van der Waals surface area (Å²) in [5.74, 6) is -0.209. The summed E-state index contributed by atoms with van der Waals surface area (Å²) >= 11 is 1.37. The fourth-order valence-electron chi connectivity index (χ4n) is 2.42. The van der Waals surface area contributed by atoms with Crippen molar-refractivity contribution in [3.05, 3.63) is 47.0 Å². The van der Waals surface area contributed by atoms with Gasteiger partial charge in [-0.25, -0.2) is 9.48 Å². The minimum atomic E-state index is -1.02. The number of aryl methyl sites for hydroxylation is 1. The average molecular weight is 358 g/mol. The van der Waals surface area contributed by atoms with E-state index in [4.69, 9.17) is 5.11 Å². The number of benzene rings is 1. The Labute approximate surface area is 148 Å². The highest BCUT2D eigenvalue weighted by Crippen LogP contribution is 2.30. The molecule has 0 saturated heterocycles. The Morgan fingerprint density at radius 3 is 2.72 bits per heavy atom. The van der Waals surface area contributed by atoms with Gasteiger partial charge in [-0.3, -0.25) is 4.79 Å². The van der Waals surface area contributed by atoms with Gasteiger partial charge in [0.05, 0.1) is 16.3 Å². The Bertz CT molecular complexity index is 917. The zero-order valence-electron chi connectivity index (χ0n) is 13.9. The van der Waals surface area contributed by atoms with E-state index >= 15 is 0 Å². The molecule has 25 heavy (non-hydrogen) atoms. The maximum atomic E-state index is 12.3. The summed E-state index contributed by atoms with van der Waals surface area (Å²) in [6.07, 6.45) is -1.02. The van der Waals surface area contributed by atoms with Gasteiger partial charge in [-0.1, -0.05) is 18.2 Å². The lowest BCUT2D eigenvalue weighted by Crippen LogP contribution is -2.35. The highest BCUT2D eigenvalue weighted by atomic mass is 32.1. The highest BCUT2D eigenvalue weighted by Gasteiger charge is 2.17. The summed E-state index contributed by atoms with van der Waals surface area (Å²) in [7, 11) is 1.46. The van der Waals surface area contributed by atoms with Crippen LogP contribution in [0.5, 0.6) is 0 Å². The summed E-state index contributed by atoms with van der Waals surface area (Å²) in [5.41, 5.74) is 1.80.